The number of carboxylic acid groups (broad SMARTS) is 1. The van der Waals surface area contributed by atoms with Gasteiger partial charge in [-0.05, 0) is 49.8 Å². The Morgan fingerprint density at radius 1 is 1.07 bits per heavy atom. The molecule has 0 unspecified atom stereocenters. The number of aromatic hydroxyl groups is 2. The molecule has 0 saturated carbocycles. The topological polar surface area (TPSA) is 194 Å². The lowest BCUT2D eigenvalue weighted by atomic mass is 9.79. The molecule has 3 aromatic carbocycles. The normalized spacial score (nSPS) is 23.9. The van der Waals surface area contributed by atoms with Gasteiger partial charge in [-0.3, -0.25) is 4.79 Å². The number of ketones is 1. The molecule has 11 heteroatoms. The third-order valence-corrected chi connectivity index (χ3v) is 8.07. The van der Waals surface area contributed by atoms with E-state index >= 15 is 0 Å². The second-order valence-corrected chi connectivity index (χ2v) is 11.5. The van der Waals surface area contributed by atoms with Crippen molar-refractivity contribution in [1.29, 1.82) is 0 Å². The second-order valence-electron chi connectivity index (χ2n) is 11.5. The summed E-state index contributed by atoms with van der Waals surface area (Å²) >= 11 is 0. The zero-order valence-electron chi connectivity index (χ0n) is 24.2. The Bertz CT molecular complexity index is 1480. The van der Waals surface area contributed by atoms with Crippen molar-refractivity contribution in [3.8, 4) is 17.2 Å². The first-order chi connectivity index (χ1) is 20.3. The van der Waals surface area contributed by atoms with E-state index in [4.69, 9.17) is 9.47 Å². The number of hydrogen-bond donors (Lipinski definition) is 7. The highest BCUT2D eigenvalue weighted by atomic mass is 16.7. The lowest BCUT2D eigenvalue weighted by Crippen LogP contribution is -2.67. The number of fused-ring (bicyclic) bond motifs is 1. The van der Waals surface area contributed by atoms with Gasteiger partial charge in [0, 0.05) is 17.4 Å². The predicted molar refractivity (Wildman–Crippen MR) is 155 cm³/mol. The van der Waals surface area contributed by atoms with Crippen molar-refractivity contribution < 1.29 is 54.8 Å². The number of rotatable bonds is 11. The van der Waals surface area contributed by atoms with Crippen LogP contribution in [0.2, 0.25) is 0 Å². The fourth-order valence-electron chi connectivity index (χ4n) is 5.50. The minimum atomic E-state index is -2.01. The lowest BCUT2D eigenvalue weighted by molar-refractivity contribution is -0.315. The van der Waals surface area contributed by atoms with Crippen LogP contribution in [0.4, 0.5) is 0 Å². The molecule has 1 aliphatic rings. The van der Waals surface area contributed by atoms with Crippen LogP contribution in [0.15, 0.2) is 42.5 Å². The number of benzene rings is 3. The summed E-state index contributed by atoms with van der Waals surface area (Å²) in [5.74, 6) is -3.15. The summed E-state index contributed by atoms with van der Waals surface area (Å²) in [5, 5.41) is 74.9. The summed E-state index contributed by atoms with van der Waals surface area (Å²) in [4.78, 5) is 25.3. The van der Waals surface area contributed by atoms with Gasteiger partial charge < -0.3 is 45.2 Å². The molecule has 1 saturated heterocycles. The van der Waals surface area contributed by atoms with Crippen molar-refractivity contribution in [2.75, 3.05) is 6.61 Å². The Morgan fingerprint density at radius 2 is 1.74 bits per heavy atom. The number of carboxylic acids is 1. The number of ether oxygens (including phenoxy) is 2. The van der Waals surface area contributed by atoms with Gasteiger partial charge in [0.25, 0.3) is 0 Å². The average molecular weight is 599 g/mol. The minimum Gasteiger partial charge on any atom is -0.507 e. The van der Waals surface area contributed by atoms with Gasteiger partial charge in [-0.15, -0.1) is 0 Å². The lowest BCUT2D eigenvalue weighted by Gasteiger charge is -2.48. The van der Waals surface area contributed by atoms with Gasteiger partial charge in [-0.2, -0.15) is 0 Å². The highest BCUT2D eigenvalue weighted by molar-refractivity contribution is 6.11. The molecule has 0 aliphatic carbocycles. The number of phenols is 2. The fraction of sp³-hybridized carbons (Fsp3) is 0.438. The van der Waals surface area contributed by atoms with E-state index in [0.717, 1.165) is 17.7 Å². The maximum atomic E-state index is 13.3. The molecule has 11 nitrogen and oxygen atoms in total. The van der Waals surface area contributed by atoms with Crippen molar-refractivity contribution in [2.24, 2.45) is 5.92 Å². The minimum absolute atomic E-state index is 0.000655. The SMILES string of the molecule is Cc1c(C(=O)CCc2ccccc2)c(O)c2c(O[C@H]3O[C@H](CO)[C@](O)(CCC(C)C)[C@H](O)[C@H]3O)cc(C(=O)O)cc2c1O. The number of aliphatic hydroxyl groups excluding tert-OH is 3. The van der Waals surface area contributed by atoms with E-state index < -0.39 is 60.1 Å². The molecular formula is C32H38O11. The van der Waals surface area contributed by atoms with Crippen LogP contribution in [0, 0.1) is 12.8 Å². The van der Waals surface area contributed by atoms with Crippen molar-refractivity contribution in [2.45, 2.75) is 76.7 Å². The molecule has 1 heterocycles. The van der Waals surface area contributed by atoms with Gasteiger partial charge in [0.15, 0.2) is 5.78 Å². The second kappa shape index (κ2) is 12.9. The molecule has 0 amide bonds. The first-order valence-electron chi connectivity index (χ1n) is 14.1. The van der Waals surface area contributed by atoms with Crippen LogP contribution >= 0.6 is 0 Å². The molecule has 0 spiro atoms. The van der Waals surface area contributed by atoms with Gasteiger partial charge in [0.2, 0.25) is 6.29 Å². The summed E-state index contributed by atoms with van der Waals surface area (Å²) in [7, 11) is 0. The van der Waals surface area contributed by atoms with E-state index in [-0.39, 0.29) is 52.0 Å². The first kappa shape index (κ1) is 32.2. The van der Waals surface area contributed by atoms with E-state index in [2.05, 4.69) is 0 Å². The van der Waals surface area contributed by atoms with E-state index in [9.17, 15) is 45.3 Å². The summed E-state index contributed by atoms with van der Waals surface area (Å²) in [6.07, 6.45) is -6.00. The molecular weight excluding hydrogens is 560 g/mol. The third kappa shape index (κ3) is 6.31. The molecule has 0 aromatic heterocycles. The highest BCUT2D eigenvalue weighted by Gasteiger charge is 2.55. The zero-order chi connectivity index (χ0) is 31.6. The smallest absolute Gasteiger partial charge is 0.335 e. The number of hydrogen-bond acceptors (Lipinski definition) is 10. The van der Waals surface area contributed by atoms with Crippen molar-refractivity contribution in [3.05, 3.63) is 64.7 Å². The van der Waals surface area contributed by atoms with E-state index in [1.54, 1.807) is 0 Å². The van der Waals surface area contributed by atoms with Gasteiger partial charge in [0.05, 0.1) is 23.1 Å². The Balaban J connectivity index is 1.77. The van der Waals surface area contributed by atoms with Crippen LogP contribution in [0.3, 0.4) is 0 Å². The summed E-state index contributed by atoms with van der Waals surface area (Å²) < 4.78 is 11.5. The summed E-state index contributed by atoms with van der Waals surface area (Å²) in [6, 6.07) is 11.3. The molecule has 5 atom stereocenters. The van der Waals surface area contributed by atoms with Crippen molar-refractivity contribution >= 4 is 22.5 Å². The van der Waals surface area contributed by atoms with Gasteiger partial charge in [-0.1, -0.05) is 44.2 Å². The van der Waals surface area contributed by atoms with Crippen LogP contribution in [0.1, 0.15) is 65.0 Å². The van der Waals surface area contributed by atoms with E-state index in [1.807, 2.05) is 44.2 Å². The van der Waals surface area contributed by atoms with Gasteiger partial charge >= 0.3 is 5.97 Å². The maximum absolute atomic E-state index is 13.3. The largest absolute Gasteiger partial charge is 0.507 e. The van der Waals surface area contributed by atoms with Gasteiger partial charge in [0.1, 0.15) is 41.2 Å². The number of Topliss-reactive ketones (excluding diaryl/α,β-unsaturated/α-hetero) is 1. The van der Waals surface area contributed by atoms with Crippen LogP contribution in [0.5, 0.6) is 17.2 Å². The molecule has 1 aliphatic heterocycles. The molecule has 43 heavy (non-hydrogen) atoms. The van der Waals surface area contributed by atoms with Crippen LogP contribution in [0.25, 0.3) is 10.8 Å². The molecule has 0 radical (unpaired) electrons. The number of carbonyl (C=O) groups excluding carboxylic acids is 1. The fourth-order valence-corrected chi connectivity index (χ4v) is 5.50. The Kier molecular flexibility index (Phi) is 9.63. The summed E-state index contributed by atoms with van der Waals surface area (Å²) in [5.41, 5.74) is -1.62. The molecule has 4 rings (SSSR count). The number of aromatic carboxylic acids is 1. The summed E-state index contributed by atoms with van der Waals surface area (Å²) in [6.45, 7) is 4.49. The number of aliphatic hydroxyl groups is 4. The average Bonchev–Trinajstić information content (AvgIpc) is 2.98. The monoisotopic (exact) mass is 598 g/mol. The first-order valence-corrected chi connectivity index (χ1v) is 14.1. The standard InChI is InChI=1S/C32H38O11/c1-16(2)11-12-32(41)23(15-33)43-31(28(37)29(32)38)42-22-14-19(30(39)40)13-20-25(22)27(36)24(17(3)26(20)35)21(34)10-9-18-7-5-4-6-8-18/h4-8,13-14,16,23,28-29,31,33,35-38,41H,9-12,15H2,1-3H3,(H,39,40)/t23-,28-,29-,31+,32-/m1/s1. The maximum Gasteiger partial charge on any atom is 0.335 e. The zero-order valence-corrected chi connectivity index (χ0v) is 24.2. The van der Waals surface area contributed by atoms with E-state index in [0.29, 0.717) is 12.8 Å². The Morgan fingerprint density at radius 3 is 2.35 bits per heavy atom. The van der Waals surface area contributed by atoms with E-state index in [1.165, 1.54) is 6.92 Å². The van der Waals surface area contributed by atoms with Crippen molar-refractivity contribution in [3.63, 3.8) is 0 Å². The molecule has 232 valence electrons. The molecule has 3 aromatic rings. The molecule has 0 bridgehead atoms. The number of aryl methyl sites for hydroxylation is 1. The van der Waals surface area contributed by atoms with Crippen LogP contribution < -0.4 is 4.74 Å². The number of phenolic OH excluding ortho intramolecular Hbond substituents is 2. The number of carbonyl (C=O) groups is 2. The predicted octanol–water partition coefficient (Wildman–Crippen LogP) is 3.06. The Labute approximate surface area is 248 Å². The van der Waals surface area contributed by atoms with Crippen LogP contribution in [-0.4, -0.2) is 84.3 Å². The molecule has 1 fully saturated rings. The van der Waals surface area contributed by atoms with Crippen molar-refractivity contribution in [1.82, 2.24) is 0 Å². The van der Waals surface area contributed by atoms with Crippen LogP contribution in [-0.2, 0) is 11.2 Å². The highest BCUT2D eigenvalue weighted by Crippen LogP contribution is 2.46. The quantitative estimate of drug-likeness (QED) is 0.127. The Hall–Kier alpha value is -3.74. The van der Waals surface area contributed by atoms with Gasteiger partial charge in [-0.25, -0.2) is 4.79 Å². The third-order valence-electron chi connectivity index (χ3n) is 8.07. The molecule has 7 N–H and O–H groups in total.